The molecule has 1 amide bonds. The second kappa shape index (κ2) is 11.9. The molecular formula is C26H32F2N4O3. The van der Waals surface area contributed by atoms with E-state index in [2.05, 4.69) is 10.8 Å². The lowest BCUT2D eigenvalue weighted by Crippen LogP contribution is -2.54. The van der Waals surface area contributed by atoms with Crippen LogP contribution in [0.3, 0.4) is 0 Å². The average Bonchev–Trinajstić information content (AvgIpc) is 2.87. The molecule has 9 heteroatoms. The number of carbonyl (C=O) groups excluding carboxylic acids is 1. The summed E-state index contributed by atoms with van der Waals surface area (Å²) in [4.78, 5) is 16.1. The Morgan fingerprint density at radius 2 is 1.66 bits per heavy atom. The third-order valence-corrected chi connectivity index (χ3v) is 5.99. The van der Waals surface area contributed by atoms with Crippen LogP contribution in [0.15, 0.2) is 73.1 Å². The van der Waals surface area contributed by atoms with Crippen molar-refractivity contribution in [1.82, 2.24) is 20.6 Å². The lowest BCUT2D eigenvalue weighted by atomic mass is 10.0. The Morgan fingerprint density at radius 3 is 2.20 bits per heavy atom. The van der Waals surface area contributed by atoms with Crippen molar-refractivity contribution in [2.45, 2.75) is 31.5 Å². The molecule has 2 atom stereocenters. The van der Waals surface area contributed by atoms with Crippen LogP contribution in [0.2, 0.25) is 0 Å². The van der Waals surface area contributed by atoms with Gasteiger partial charge in [0.2, 0.25) is 0 Å². The lowest BCUT2D eigenvalue weighted by molar-refractivity contribution is 0.0493. The van der Waals surface area contributed by atoms with Gasteiger partial charge in [-0.2, -0.15) is 14.3 Å². The van der Waals surface area contributed by atoms with Gasteiger partial charge < -0.3 is 25.1 Å². The first-order chi connectivity index (χ1) is 16.7. The first kappa shape index (κ1) is 26.3. The van der Waals surface area contributed by atoms with Gasteiger partial charge in [0.1, 0.15) is 11.9 Å². The van der Waals surface area contributed by atoms with Gasteiger partial charge in [-0.25, -0.2) is 0 Å². The van der Waals surface area contributed by atoms with Gasteiger partial charge in [-0.1, -0.05) is 24.3 Å². The fourth-order valence-corrected chi connectivity index (χ4v) is 3.66. The van der Waals surface area contributed by atoms with Gasteiger partial charge in [0.25, 0.3) is 11.8 Å². The van der Waals surface area contributed by atoms with Crippen LogP contribution in [0.5, 0.6) is 5.75 Å². The highest BCUT2D eigenvalue weighted by atomic mass is 19.3. The highest BCUT2D eigenvalue weighted by molar-refractivity contribution is 5.94. The van der Waals surface area contributed by atoms with Gasteiger partial charge in [-0.3, -0.25) is 4.79 Å². The van der Waals surface area contributed by atoms with E-state index in [9.17, 15) is 18.8 Å². The van der Waals surface area contributed by atoms with Crippen molar-refractivity contribution in [2.24, 2.45) is 0 Å². The van der Waals surface area contributed by atoms with Crippen molar-refractivity contribution >= 4 is 5.91 Å². The van der Waals surface area contributed by atoms with Crippen LogP contribution in [0, 0.1) is 0 Å². The Hall–Kier alpha value is -3.27. The fourth-order valence-electron chi connectivity index (χ4n) is 3.66. The molecule has 0 aromatic heterocycles. The number of alkyl halides is 2. The van der Waals surface area contributed by atoms with Crippen LogP contribution in [0.25, 0.3) is 11.1 Å². The molecule has 0 saturated carbocycles. The number of rotatable bonds is 11. The number of allylic oxidation sites excluding steroid dienone is 2. The lowest BCUT2D eigenvalue weighted by Gasteiger charge is -2.31. The maximum absolute atomic E-state index is 13.1. The molecule has 0 spiro atoms. The summed E-state index contributed by atoms with van der Waals surface area (Å²) in [5.41, 5.74) is 4.67. The molecule has 2 aromatic carbocycles. The quantitative estimate of drug-likeness (QED) is 0.252. The molecular weight excluding hydrogens is 454 g/mol. The third kappa shape index (κ3) is 7.11. The summed E-state index contributed by atoms with van der Waals surface area (Å²) >= 11 is 0. The Bertz CT molecular complexity index is 1010. The van der Waals surface area contributed by atoms with E-state index in [0.29, 0.717) is 25.1 Å². The largest absolute Gasteiger partial charge is 0.494 e. The molecule has 1 aliphatic rings. The summed E-state index contributed by atoms with van der Waals surface area (Å²) in [5, 5.41) is 12.1. The van der Waals surface area contributed by atoms with Gasteiger partial charge in [-0.15, -0.1) is 0 Å². The molecule has 0 radical (unpaired) electrons. The number of likely N-dealkylation sites (N-methyl/N-ethyl adjacent to an activating group) is 2. The van der Waals surface area contributed by atoms with Gasteiger partial charge in [0.15, 0.2) is 0 Å². The normalized spacial score (nSPS) is 16.1. The molecule has 0 bridgehead atoms. The number of hydrogen-bond acceptors (Lipinski definition) is 6. The van der Waals surface area contributed by atoms with E-state index < -0.39 is 12.1 Å². The molecule has 0 fully saturated rings. The van der Waals surface area contributed by atoms with Crippen molar-refractivity contribution in [3.8, 4) is 16.9 Å². The Kier molecular flexibility index (Phi) is 8.97. The number of halogens is 2. The predicted octanol–water partition coefficient (Wildman–Crippen LogP) is 4.09. The smallest absolute Gasteiger partial charge is 0.288 e. The van der Waals surface area contributed by atoms with E-state index in [1.54, 1.807) is 36.0 Å². The molecule has 3 N–H and O–H groups in total. The van der Waals surface area contributed by atoms with E-state index in [1.165, 1.54) is 12.4 Å². The average molecular weight is 487 g/mol. The van der Waals surface area contributed by atoms with E-state index >= 15 is 0 Å². The molecule has 1 heterocycles. The maximum atomic E-state index is 13.1. The number of benzene rings is 2. The van der Waals surface area contributed by atoms with Crippen molar-refractivity contribution < 1.29 is 23.5 Å². The monoisotopic (exact) mass is 486 g/mol. The minimum absolute atomic E-state index is 0.146. The van der Waals surface area contributed by atoms with Crippen LogP contribution >= 0.6 is 0 Å². The zero-order valence-electron chi connectivity index (χ0n) is 20.1. The standard InChI is InChI=1S/C26H32F2N4O3/c1-19(24(29-2)30-34)31(3)25(33)22-7-5-20(6-8-22)21-9-11-23(12-10-21)35-18-4-15-32-16-13-26(27,28)14-17-32/h5-14,16-17,19,24,29-30,34H,4,15,18H2,1-3H3. The first-order valence-electron chi connectivity index (χ1n) is 11.4. The van der Waals surface area contributed by atoms with Crippen LogP contribution in [-0.4, -0.2) is 66.3 Å². The third-order valence-electron chi connectivity index (χ3n) is 5.99. The summed E-state index contributed by atoms with van der Waals surface area (Å²) in [6.45, 7) is 2.90. The highest BCUT2D eigenvalue weighted by Crippen LogP contribution is 2.24. The van der Waals surface area contributed by atoms with Crippen LogP contribution in [0.1, 0.15) is 23.7 Å². The van der Waals surface area contributed by atoms with Crippen molar-refractivity contribution in [1.29, 1.82) is 0 Å². The molecule has 2 unspecified atom stereocenters. The van der Waals surface area contributed by atoms with Crippen LogP contribution in [-0.2, 0) is 0 Å². The first-order valence-corrected chi connectivity index (χ1v) is 11.4. The van der Waals surface area contributed by atoms with Gasteiger partial charge >= 0.3 is 0 Å². The number of ether oxygens (including phenoxy) is 1. The van der Waals surface area contributed by atoms with E-state index in [4.69, 9.17) is 4.74 Å². The van der Waals surface area contributed by atoms with Crippen molar-refractivity contribution in [3.05, 3.63) is 78.6 Å². The molecule has 188 valence electrons. The Labute approximate surface area is 204 Å². The minimum atomic E-state index is -2.87. The zero-order chi connectivity index (χ0) is 25.4. The summed E-state index contributed by atoms with van der Waals surface area (Å²) in [5.74, 6) is -2.29. The minimum Gasteiger partial charge on any atom is -0.494 e. The van der Waals surface area contributed by atoms with Crippen molar-refractivity contribution in [3.63, 3.8) is 0 Å². The summed E-state index contributed by atoms with van der Waals surface area (Å²) in [6.07, 6.45) is 4.77. The predicted molar refractivity (Wildman–Crippen MR) is 131 cm³/mol. The topological polar surface area (TPSA) is 77.1 Å². The number of nitrogens with zero attached hydrogens (tertiary/aromatic N) is 2. The molecule has 7 nitrogen and oxygen atoms in total. The highest BCUT2D eigenvalue weighted by Gasteiger charge is 2.24. The number of amides is 1. The molecule has 2 aromatic rings. The van der Waals surface area contributed by atoms with Gasteiger partial charge in [-0.05, 0) is 55.8 Å². The summed E-state index contributed by atoms with van der Waals surface area (Å²) < 4.78 is 31.9. The number of carbonyl (C=O) groups is 1. The van der Waals surface area contributed by atoms with Gasteiger partial charge in [0.05, 0.1) is 12.6 Å². The van der Waals surface area contributed by atoms with E-state index in [1.807, 2.05) is 43.3 Å². The maximum Gasteiger partial charge on any atom is 0.288 e. The summed E-state index contributed by atoms with van der Waals surface area (Å²) in [6, 6.07) is 14.7. The second-order valence-electron chi connectivity index (χ2n) is 8.40. The second-order valence-corrected chi connectivity index (χ2v) is 8.40. The Morgan fingerprint density at radius 1 is 1.09 bits per heavy atom. The Balaban J connectivity index is 1.50. The molecule has 0 aliphatic carbocycles. The number of hydrogen-bond donors (Lipinski definition) is 3. The van der Waals surface area contributed by atoms with Crippen LogP contribution < -0.4 is 15.5 Å². The SMILES string of the molecule is CNC(NO)C(C)N(C)C(=O)c1ccc(-c2ccc(OCCCN3C=CC(F)(F)C=C3)cc2)cc1. The van der Waals surface area contributed by atoms with E-state index in [0.717, 1.165) is 29.0 Å². The van der Waals surface area contributed by atoms with Crippen LogP contribution in [0.4, 0.5) is 8.78 Å². The fraction of sp³-hybridized carbons (Fsp3) is 0.346. The van der Waals surface area contributed by atoms with Gasteiger partial charge in [0, 0.05) is 43.7 Å². The molecule has 35 heavy (non-hydrogen) atoms. The summed E-state index contributed by atoms with van der Waals surface area (Å²) in [7, 11) is 3.39. The molecule has 0 saturated heterocycles. The number of hydroxylamine groups is 1. The zero-order valence-corrected chi connectivity index (χ0v) is 20.1. The molecule has 1 aliphatic heterocycles. The van der Waals surface area contributed by atoms with E-state index in [-0.39, 0.29) is 11.9 Å². The van der Waals surface area contributed by atoms with Crippen molar-refractivity contribution in [2.75, 3.05) is 27.2 Å². The number of nitrogens with one attached hydrogen (secondary N) is 2. The molecule has 3 rings (SSSR count).